The number of aliphatic hydroxyl groups is 1. The molecule has 1 amide bonds. The van der Waals surface area contributed by atoms with Crippen LogP contribution in [0.1, 0.15) is 25.3 Å². The van der Waals surface area contributed by atoms with Crippen LogP contribution >= 0.6 is 23.2 Å². The molecular weight excluding hydrogens is 463 g/mol. The number of sulfonamides is 1. The highest BCUT2D eigenvalue weighted by atomic mass is 35.5. The predicted molar refractivity (Wildman–Crippen MR) is 120 cm³/mol. The van der Waals surface area contributed by atoms with E-state index in [1.807, 2.05) is 0 Å². The molecule has 1 aliphatic heterocycles. The molecule has 2 aromatic carbocycles. The molecule has 168 valence electrons. The monoisotopic (exact) mass is 486 g/mol. The number of benzene rings is 2. The van der Waals surface area contributed by atoms with Crippen molar-refractivity contribution in [3.05, 3.63) is 58.1 Å². The van der Waals surface area contributed by atoms with E-state index in [4.69, 9.17) is 27.9 Å². The zero-order chi connectivity index (χ0) is 22.6. The van der Waals surface area contributed by atoms with Gasteiger partial charge in [0.25, 0.3) is 10.0 Å². The lowest BCUT2D eigenvalue weighted by Crippen LogP contribution is -2.43. The molecule has 0 saturated carbocycles. The third-order valence-corrected chi connectivity index (χ3v) is 7.47. The Hall–Kier alpha value is -2.00. The number of likely N-dealkylation sites (tertiary alicyclic amines) is 1. The second kappa shape index (κ2) is 10.1. The Bertz CT molecular complexity index is 1020. The normalized spacial score (nSPS) is 15.0. The fourth-order valence-electron chi connectivity index (χ4n) is 3.45. The lowest BCUT2D eigenvalue weighted by molar-refractivity contribution is 0.107. The van der Waals surface area contributed by atoms with Crippen molar-refractivity contribution in [2.75, 3.05) is 24.0 Å². The number of amides is 1. The Morgan fingerprint density at radius 1 is 1.13 bits per heavy atom. The van der Waals surface area contributed by atoms with Crippen LogP contribution < -0.4 is 4.31 Å². The van der Waals surface area contributed by atoms with Crippen molar-refractivity contribution in [2.45, 2.75) is 37.3 Å². The van der Waals surface area contributed by atoms with Gasteiger partial charge in [-0.3, -0.25) is 4.31 Å². The first-order chi connectivity index (χ1) is 14.7. The average Bonchev–Trinajstić information content (AvgIpc) is 3.27. The highest BCUT2D eigenvalue weighted by Gasteiger charge is 2.32. The van der Waals surface area contributed by atoms with Crippen molar-refractivity contribution in [3.8, 4) is 0 Å². The zero-order valence-corrected chi connectivity index (χ0v) is 19.3. The molecule has 0 radical (unpaired) electrons. The summed E-state index contributed by atoms with van der Waals surface area (Å²) in [7, 11) is -4.09. The van der Waals surface area contributed by atoms with E-state index in [0.29, 0.717) is 28.7 Å². The topological polar surface area (TPSA) is 87.2 Å². The average molecular weight is 487 g/mol. The smallest absolute Gasteiger partial charge is 0.409 e. The highest BCUT2D eigenvalue weighted by molar-refractivity contribution is 7.92. The first-order valence-corrected chi connectivity index (χ1v) is 12.0. The maximum atomic E-state index is 13.6. The molecule has 0 unspecified atom stereocenters. The van der Waals surface area contributed by atoms with E-state index < -0.39 is 22.2 Å². The summed E-state index contributed by atoms with van der Waals surface area (Å²) < 4.78 is 33.7. The van der Waals surface area contributed by atoms with Crippen LogP contribution in [0, 0.1) is 0 Å². The summed E-state index contributed by atoms with van der Waals surface area (Å²) in [6.45, 7) is 2.33. The van der Waals surface area contributed by atoms with Crippen molar-refractivity contribution >= 4 is 45.0 Å². The van der Waals surface area contributed by atoms with Gasteiger partial charge in [0.15, 0.2) is 0 Å². The van der Waals surface area contributed by atoms with E-state index in [0.717, 1.165) is 17.1 Å². The summed E-state index contributed by atoms with van der Waals surface area (Å²) in [6, 6.07) is 9.60. The molecule has 1 N–H and O–H groups in total. The Morgan fingerprint density at radius 2 is 1.74 bits per heavy atom. The van der Waals surface area contributed by atoms with E-state index in [9.17, 15) is 18.3 Å². The summed E-state index contributed by atoms with van der Waals surface area (Å²) >= 11 is 12.1. The molecule has 10 heteroatoms. The summed E-state index contributed by atoms with van der Waals surface area (Å²) in [4.78, 5) is 13.9. The lowest BCUT2D eigenvalue weighted by Gasteiger charge is -2.32. The van der Waals surface area contributed by atoms with E-state index in [1.54, 1.807) is 24.0 Å². The Kier molecular flexibility index (Phi) is 7.69. The number of carbonyl (C=O) groups excluding carboxylic acids is 1. The maximum absolute atomic E-state index is 13.6. The lowest BCUT2D eigenvalue weighted by atomic mass is 10.1. The number of anilines is 1. The minimum Gasteiger partial charge on any atom is -0.447 e. The summed E-state index contributed by atoms with van der Waals surface area (Å²) in [5.74, 6) is 0. The van der Waals surface area contributed by atoms with Crippen LogP contribution in [0.3, 0.4) is 0 Å². The van der Waals surface area contributed by atoms with Gasteiger partial charge in [0.2, 0.25) is 0 Å². The minimum absolute atomic E-state index is 0.0125. The first-order valence-electron chi connectivity index (χ1n) is 9.85. The zero-order valence-electron chi connectivity index (χ0n) is 17.0. The number of halogens is 2. The molecular formula is C21H24Cl2N2O5S. The standard InChI is InChI=1S/C21H24Cl2N2O5S/c1-15(14-30-21(27)24-10-2-3-11-24)25(20-12-18(23)5-4-16(20)13-26)31(28,29)19-8-6-17(22)7-9-19/h4-9,12,15,26H,2-3,10-11,13-14H2,1H3/t15-/m0/s1. The van der Waals surface area contributed by atoms with Gasteiger partial charge in [-0.25, -0.2) is 13.2 Å². The van der Waals surface area contributed by atoms with Gasteiger partial charge in [-0.15, -0.1) is 0 Å². The number of aliphatic hydroxyl groups excluding tert-OH is 1. The van der Waals surface area contributed by atoms with Gasteiger partial charge >= 0.3 is 6.09 Å². The maximum Gasteiger partial charge on any atom is 0.409 e. The number of carbonyl (C=O) groups is 1. The molecule has 7 nitrogen and oxygen atoms in total. The van der Waals surface area contributed by atoms with Crippen molar-refractivity contribution in [1.29, 1.82) is 0 Å². The number of ether oxygens (including phenoxy) is 1. The molecule has 1 fully saturated rings. The fraction of sp³-hybridized carbons (Fsp3) is 0.381. The molecule has 0 aliphatic carbocycles. The molecule has 0 bridgehead atoms. The molecule has 1 heterocycles. The second-order valence-corrected chi connectivity index (χ2v) is 9.99. The predicted octanol–water partition coefficient (Wildman–Crippen LogP) is 4.30. The van der Waals surface area contributed by atoms with Gasteiger partial charge in [0.1, 0.15) is 6.61 Å². The van der Waals surface area contributed by atoms with Crippen molar-refractivity contribution in [3.63, 3.8) is 0 Å². The van der Waals surface area contributed by atoms with Gasteiger partial charge in [-0.05, 0) is 56.2 Å². The SMILES string of the molecule is C[C@@H](COC(=O)N1CCCC1)N(c1cc(Cl)ccc1CO)S(=O)(=O)c1ccc(Cl)cc1. The molecule has 1 saturated heterocycles. The van der Waals surface area contributed by atoms with Crippen LogP contribution in [0.5, 0.6) is 0 Å². The number of hydrogen-bond acceptors (Lipinski definition) is 5. The number of hydrogen-bond donors (Lipinski definition) is 1. The quantitative estimate of drug-likeness (QED) is 0.629. The largest absolute Gasteiger partial charge is 0.447 e. The van der Waals surface area contributed by atoms with E-state index in [-0.39, 0.29) is 23.8 Å². The Labute approximate surface area is 192 Å². The molecule has 0 aromatic heterocycles. The number of rotatable bonds is 7. The summed E-state index contributed by atoms with van der Waals surface area (Å²) in [5, 5.41) is 10.5. The van der Waals surface area contributed by atoms with Crippen LogP contribution in [-0.2, 0) is 21.4 Å². The van der Waals surface area contributed by atoms with Gasteiger partial charge in [-0.1, -0.05) is 29.3 Å². The first kappa shape index (κ1) is 23.7. The van der Waals surface area contributed by atoms with Gasteiger partial charge in [0, 0.05) is 28.7 Å². The van der Waals surface area contributed by atoms with Crippen LogP contribution in [0.2, 0.25) is 10.0 Å². The van der Waals surface area contributed by atoms with E-state index in [1.165, 1.54) is 30.3 Å². The second-order valence-electron chi connectivity index (χ2n) is 7.31. The Balaban J connectivity index is 1.97. The van der Waals surface area contributed by atoms with E-state index in [2.05, 4.69) is 0 Å². The van der Waals surface area contributed by atoms with Gasteiger partial charge in [0.05, 0.1) is 23.2 Å². The molecule has 1 atom stereocenters. The van der Waals surface area contributed by atoms with Crippen LogP contribution in [0.4, 0.5) is 10.5 Å². The summed E-state index contributed by atoms with van der Waals surface area (Å²) in [6.07, 6.45) is 1.37. The van der Waals surface area contributed by atoms with Crippen molar-refractivity contribution in [2.24, 2.45) is 0 Å². The van der Waals surface area contributed by atoms with Crippen LogP contribution in [0.15, 0.2) is 47.4 Å². The van der Waals surface area contributed by atoms with Crippen LogP contribution in [-0.4, -0.2) is 50.3 Å². The number of nitrogens with zero attached hydrogens (tertiary/aromatic N) is 2. The Morgan fingerprint density at radius 3 is 2.35 bits per heavy atom. The third kappa shape index (κ3) is 5.44. The highest BCUT2D eigenvalue weighted by Crippen LogP contribution is 2.32. The fourth-order valence-corrected chi connectivity index (χ4v) is 5.41. The molecule has 1 aliphatic rings. The van der Waals surface area contributed by atoms with Crippen LogP contribution in [0.25, 0.3) is 0 Å². The van der Waals surface area contributed by atoms with E-state index >= 15 is 0 Å². The molecule has 3 rings (SSSR count). The molecule has 31 heavy (non-hydrogen) atoms. The molecule has 0 spiro atoms. The minimum atomic E-state index is -4.09. The van der Waals surface area contributed by atoms with Crippen molar-refractivity contribution < 1.29 is 23.1 Å². The third-order valence-electron chi connectivity index (χ3n) is 5.04. The molecule has 2 aromatic rings. The van der Waals surface area contributed by atoms with Gasteiger partial charge < -0.3 is 14.7 Å². The summed E-state index contributed by atoms with van der Waals surface area (Å²) in [5.41, 5.74) is 0.592. The van der Waals surface area contributed by atoms with Gasteiger partial charge in [-0.2, -0.15) is 0 Å². The van der Waals surface area contributed by atoms with Crippen molar-refractivity contribution in [1.82, 2.24) is 4.90 Å².